The summed E-state index contributed by atoms with van der Waals surface area (Å²) in [7, 11) is 0. The van der Waals surface area contributed by atoms with Crippen molar-refractivity contribution >= 4 is 11.8 Å². The predicted octanol–water partition coefficient (Wildman–Crippen LogP) is 5.18. The molecule has 0 fully saturated rings. The van der Waals surface area contributed by atoms with Gasteiger partial charge in [-0.1, -0.05) is 121 Å². The van der Waals surface area contributed by atoms with Crippen LogP contribution in [0.4, 0.5) is 0 Å². The minimum Gasteiger partial charge on any atom is -0.360 e. The van der Waals surface area contributed by atoms with Crippen molar-refractivity contribution in [2.45, 2.75) is 25.0 Å². The smallest absolute Gasteiger partial charge is 0.216 e. The Balaban J connectivity index is 2.06. The van der Waals surface area contributed by atoms with E-state index in [4.69, 9.17) is 9.47 Å². The minimum atomic E-state index is -1.20. The number of hydrogen-bond donors (Lipinski definition) is 2. The van der Waals surface area contributed by atoms with Crippen molar-refractivity contribution < 1.29 is 19.1 Å². The Morgan fingerprint density at radius 3 is 0.975 bits per heavy atom. The van der Waals surface area contributed by atoms with Crippen LogP contribution in [0.2, 0.25) is 0 Å². The lowest BCUT2D eigenvalue weighted by molar-refractivity contribution is -0.181. The van der Waals surface area contributed by atoms with Crippen LogP contribution in [0.5, 0.6) is 0 Å². The average Bonchev–Trinajstić information content (AvgIpc) is 2.99. The highest BCUT2D eigenvalue weighted by atomic mass is 16.6. The maximum Gasteiger partial charge on any atom is 0.216 e. The molecule has 0 spiro atoms. The quantitative estimate of drug-likeness (QED) is 0.231. The van der Waals surface area contributed by atoms with Gasteiger partial charge in [0.15, 0.2) is 11.2 Å². The maximum absolute atomic E-state index is 11.8. The summed E-state index contributed by atoms with van der Waals surface area (Å²) in [6, 6.07) is 40.2. The van der Waals surface area contributed by atoms with Crippen LogP contribution in [0.25, 0.3) is 0 Å². The van der Waals surface area contributed by atoms with Crippen molar-refractivity contribution in [1.82, 2.24) is 10.6 Å². The highest BCUT2D eigenvalue weighted by Gasteiger charge is 2.58. The minimum absolute atomic E-state index is 0.127. The lowest BCUT2D eigenvalue weighted by Crippen LogP contribution is -2.55. The third kappa shape index (κ3) is 6.14. The molecule has 0 radical (unpaired) electrons. The van der Waals surface area contributed by atoms with Crippen molar-refractivity contribution in [3.8, 4) is 0 Å². The topological polar surface area (TPSA) is 76.7 Å². The van der Waals surface area contributed by atoms with Gasteiger partial charge in [0.1, 0.15) is 0 Å². The van der Waals surface area contributed by atoms with Crippen LogP contribution in [0, 0.1) is 0 Å². The molecule has 0 unspecified atom stereocenters. The van der Waals surface area contributed by atoms with Crippen molar-refractivity contribution in [3.05, 3.63) is 144 Å². The van der Waals surface area contributed by atoms with E-state index in [0.29, 0.717) is 13.1 Å². The molecule has 2 N–H and O–H groups in total. The second-order valence-electron chi connectivity index (χ2n) is 9.49. The first kappa shape index (κ1) is 28.7. The van der Waals surface area contributed by atoms with Gasteiger partial charge in [-0.05, 0) is 22.3 Å². The van der Waals surface area contributed by atoms with Crippen molar-refractivity contribution in [2.24, 2.45) is 0 Å². The molecule has 0 aliphatic rings. The van der Waals surface area contributed by atoms with E-state index in [2.05, 4.69) is 10.6 Å². The Bertz CT molecular complexity index is 1160. The molecule has 4 rings (SSSR count). The van der Waals surface area contributed by atoms with Gasteiger partial charge in [0.2, 0.25) is 11.8 Å². The molecule has 4 aromatic carbocycles. The highest BCUT2D eigenvalue weighted by Crippen LogP contribution is 2.54. The highest BCUT2D eigenvalue weighted by molar-refractivity contribution is 5.73. The summed E-state index contributed by atoms with van der Waals surface area (Å²) in [6.07, 6.45) is 0. The van der Waals surface area contributed by atoms with E-state index < -0.39 is 11.2 Å². The van der Waals surface area contributed by atoms with Crippen LogP contribution in [-0.2, 0) is 30.3 Å². The summed E-state index contributed by atoms with van der Waals surface area (Å²) in [4.78, 5) is 23.5. The molecule has 206 valence electrons. The zero-order valence-electron chi connectivity index (χ0n) is 23.0. The molecule has 40 heavy (non-hydrogen) atoms. The average molecular weight is 537 g/mol. The standard InChI is InChI=1S/C34H36N2O4/c1-27(37)35-23-25-39-33(29-15-7-3-8-16-29,30-17-9-4-10-18-30)34(31-19-11-5-12-20-31,32-21-13-6-14-22-32)40-26-24-36-28(2)38/h3-22H,23-26H2,1-2H3,(H,35,37)(H,36,38). The van der Waals surface area contributed by atoms with Crippen LogP contribution in [0.15, 0.2) is 121 Å². The molecule has 0 atom stereocenters. The zero-order valence-corrected chi connectivity index (χ0v) is 23.0. The normalized spacial score (nSPS) is 11.6. The van der Waals surface area contributed by atoms with Crippen LogP contribution in [-0.4, -0.2) is 38.1 Å². The van der Waals surface area contributed by atoms with E-state index in [0.717, 1.165) is 22.3 Å². The molecule has 6 nitrogen and oxygen atoms in total. The van der Waals surface area contributed by atoms with Crippen LogP contribution in [0.1, 0.15) is 36.1 Å². The number of benzene rings is 4. The Kier molecular flexibility index (Phi) is 9.84. The summed E-state index contributed by atoms with van der Waals surface area (Å²) in [5.41, 5.74) is 1.14. The number of nitrogens with one attached hydrogen (secondary N) is 2. The third-order valence-electron chi connectivity index (χ3n) is 6.81. The second kappa shape index (κ2) is 13.7. The van der Waals surface area contributed by atoms with Gasteiger partial charge in [-0.25, -0.2) is 0 Å². The molecule has 2 amide bonds. The van der Waals surface area contributed by atoms with E-state index in [-0.39, 0.29) is 25.0 Å². The maximum atomic E-state index is 11.8. The van der Waals surface area contributed by atoms with Gasteiger partial charge in [-0.15, -0.1) is 0 Å². The van der Waals surface area contributed by atoms with E-state index in [1.807, 2.05) is 121 Å². The van der Waals surface area contributed by atoms with Crippen LogP contribution < -0.4 is 10.6 Å². The Labute approximate surface area is 236 Å². The van der Waals surface area contributed by atoms with Gasteiger partial charge in [0.05, 0.1) is 13.2 Å². The Morgan fingerprint density at radius 2 is 0.750 bits per heavy atom. The summed E-state index contributed by atoms with van der Waals surface area (Å²) in [5.74, 6) is -0.255. The molecule has 0 bridgehead atoms. The van der Waals surface area contributed by atoms with Gasteiger partial charge in [0.25, 0.3) is 0 Å². The van der Waals surface area contributed by atoms with Gasteiger partial charge >= 0.3 is 0 Å². The first-order chi connectivity index (χ1) is 19.5. The fraction of sp³-hybridized carbons (Fsp3) is 0.235. The van der Waals surface area contributed by atoms with Gasteiger partial charge < -0.3 is 20.1 Å². The van der Waals surface area contributed by atoms with Crippen molar-refractivity contribution in [2.75, 3.05) is 26.3 Å². The number of ether oxygens (including phenoxy) is 2. The Morgan fingerprint density at radius 1 is 0.500 bits per heavy atom. The molecule has 0 aliphatic carbocycles. The summed E-state index contributed by atoms with van der Waals surface area (Å²) in [6.45, 7) is 4.07. The van der Waals surface area contributed by atoms with Gasteiger partial charge in [-0.2, -0.15) is 0 Å². The van der Waals surface area contributed by atoms with Crippen molar-refractivity contribution in [1.29, 1.82) is 0 Å². The number of amides is 2. The molecular weight excluding hydrogens is 500 g/mol. The fourth-order valence-electron chi connectivity index (χ4n) is 5.24. The zero-order chi connectivity index (χ0) is 28.3. The summed E-state index contributed by atoms with van der Waals surface area (Å²) in [5, 5.41) is 5.73. The monoisotopic (exact) mass is 536 g/mol. The van der Waals surface area contributed by atoms with Crippen molar-refractivity contribution in [3.63, 3.8) is 0 Å². The fourth-order valence-corrected chi connectivity index (χ4v) is 5.24. The lowest BCUT2D eigenvalue weighted by Gasteiger charge is -2.51. The van der Waals surface area contributed by atoms with Gasteiger partial charge in [0, 0.05) is 26.9 Å². The predicted molar refractivity (Wildman–Crippen MR) is 157 cm³/mol. The van der Waals surface area contributed by atoms with Crippen LogP contribution in [0.3, 0.4) is 0 Å². The Hall–Kier alpha value is -4.26. The van der Waals surface area contributed by atoms with E-state index in [1.54, 1.807) is 0 Å². The molecular formula is C34H36N2O4. The molecule has 4 aromatic rings. The number of carbonyl (C=O) groups is 2. The van der Waals surface area contributed by atoms with E-state index in [9.17, 15) is 9.59 Å². The lowest BCUT2D eigenvalue weighted by atomic mass is 9.65. The number of hydrogen-bond acceptors (Lipinski definition) is 4. The number of rotatable bonds is 13. The molecule has 0 saturated carbocycles. The molecule has 0 saturated heterocycles. The SMILES string of the molecule is CC(=O)NCCOC(c1ccccc1)(c1ccccc1)C(OCCNC(C)=O)(c1ccccc1)c1ccccc1. The third-order valence-corrected chi connectivity index (χ3v) is 6.81. The molecule has 0 aliphatic heterocycles. The summed E-state index contributed by atoms with van der Waals surface area (Å²) >= 11 is 0. The number of carbonyl (C=O) groups excluding carboxylic acids is 2. The largest absolute Gasteiger partial charge is 0.360 e. The van der Waals surface area contributed by atoms with Gasteiger partial charge in [-0.3, -0.25) is 9.59 Å². The second-order valence-corrected chi connectivity index (χ2v) is 9.49. The molecule has 6 heteroatoms. The first-order valence-electron chi connectivity index (χ1n) is 13.5. The first-order valence-corrected chi connectivity index (χ1v) is 13.5. The molecule has 0 heterocycles. The van der Waals surface area contributed by atoms with E-state index >= 15 is 0 Å². The molecule has 0 aromatic heterocycles. The summed E-state index contributed by atoms with van der Waals surface area (Å²) < 4.78 is 14.2. The van der Waals surface area contributed by atoms with Crippen LogP contribution >= 0.6 is 0 Å². The van der Waals surface area contributed by atoms with E-state index in [1.165, 1.54) is 13.8 Å².